The second-order valence-corrected chi connectivity index (χ2v) is 8.13. The van der Waals surface area contributed by atoms with Crippen molar-refractivity contribution >= 4 is 17.7 Å². The van der Waals surface area contributed by atoms with Gasteiger partial charge in [-0.25, -0.2) is 0 Å². The first-order valence-electron chi connectivity index (χ1n) is 11.0. The molecule has 3 aromatic rings. The van der Waals surface area contributed by atoms with Crippen molar-refractivity contribution in [3.8, 4) is 5.75 Å². The third-order valence-corrected chi connectivity index (χ3v) is 5.73. The number of rotatable bonds is 7. The summed E-state index contributed by atoms with van der Waals surface area (Å²) < 4.78 is 5.62. The number of carbonyl (C=O) groups is 3. The molecule has 0 aliphatic carbocycles. The number of imide groups is 1. The van der Waals surface area contributed by atoms with Crippen LogP contribution in [0.2, 0.25) is 0 Å². The number of hydrogen-bond acceptors (Lipinski definition) is 5. The van der Waals surface area contributed by atoms with Gasteiger partial charge in [0.25, 0.3) is 23.3 Å². The Kier molecular flexibility index (Phi) is 6.32. The topological polar surface area (TPSA) is 109 Å². The molecule has 0 radical (unpaired) electrons. The number of amides is 3. The molecule has 8 heteroatoms. The number of pyridine rings is 1. The molecule has 0 bridgehead atoms. The number of ether oxygens (including phenoxy) is 1. The van der Waals surface area contributed by atoms with Gasteiger partial charge in [-0.3, -0.25) is 24.1 Å². The first-order valence-corrected chi connectivity index (χ1v) is 11.0. The van der Waals surface area contributed by atoms with Crippen molar-refractivity contribution in [2.75, 3.05) is 6.61 Å². The van der Waals surface area contributed by atoms with Crippen LogP contribution in [0.3, 0.4) is 0 Å². The van der Waals surface area contributed by atoms with Crippen LogP contribution in [0, 0.1) is 13.8 Å². The van der Waals surface area contributed by atoms with Gasteiger partial charge < -0.3 is 15.0 Å². The highest BCUT2D eigenvalue weighted by Gasteiger charge is 2.35. The van der Waals surface area contributed by atoms with Crippen molar-refractivity contribution in [3.05, 3.63) is 98.0 Å². The molecule has 0 saturated carbocycles. The maximum absolute atomic E-state index is 13.0. The fourth-order valence-electron chi connectivity index (χ4n) is 4.06. The fourth-order valence-corrected chi connectivity index (χ4v) is 4.06. The summed E-state index contributed by atoms with van der Waals surface area (Å²) in [5.41, 5.74) is 3.36. The Morgan fingerprint density at radius 1 is 1.00 bits per heavy atom. The standard InChI is InChI=1S/C26H25N3O5/c1-4-34-22-10-9-17(14-29-25(32)18-7-5-6-8-19(18)26(29)33)12-20(22)23(30)27-13-21-15(2)11-16(3)28-24(21)31/h5-12H,4,13-14H2,1-3H3,(H,27,30)(H,28,31). The maximum atomic E-state index is 13.0. The van der Waals surface area contributed by atoms with E-state index in [1.165, 1.54) is 0 Å². The molecule has 0 spiro atoms. The van der Waals surface area contributed by atoms with E-state index in [1.54, 1.807) is 49.4 Å². The number of hydrogen-bond donors (Lipinski definition) is 2. The number of aryl methyl sites for hydroxylation is 2. The molecule has 34 heavy (non-hydrogen) atoms. The van der Waals surface area contributed by atoms with Crippen molar-refractivity contribution < 1.29 is 19.1 Å². The van der Waals surface area contributed by atoms with Gasteiger partial charge in [0, 0.05) is 17.8 Å². The van der Waals surface area contributed by atoms with Crippen LogP contribution >= 0.6 is 0 Å². The summed E-state index contributed by atoms with van der Waals surface area (Å²) in [6.07, 6.45) is 0. The van der Waals surface area contributed by atoms with Crippen LogP contribution in [0.1, 0.15) is 60.4 Å². The van der Waals surface area contributed by atoms with Crippen molar-refractivity contribution in [2.24, 2.45) is 0 Å². The summed E-state index contributed by atoms with van der Waals surface area (Å²) in [4.78, 5) is 54.7. The van der Waals surface area contributed by atoms with Gasteiger partial charge in [0.15, 0.2) is 0 Å². The zero-order valence-corrected chi connectivity index (χ0v) is 19.2. The van der Waals surface area contributed by atoms with Gasteiger partial charge in [-0.15, -0.1) is 0 Å². The molecule has 2 heterocycles. The molecule has 0 unspecified atom stereocenters. The molecule has 4 rings (SSSR count). The van der Waals surface area contributed by atoms with Crippen molar-refractivity contribution in [3.63, 3.8) is 0 Å². The zero-order chi connectivity index (χ0) is 24.4. The van der Waals surface area contributed by atoms with Crippen LogP contribution in [0.5, 0.6) is 5.75 Å². The minimum atomic E-state index is -0.424. The minimum Gasteiger partial charge on any atom is -0.493 e. The molecule has 3 amide bonds. The lowest BCUT2D eigenvalue weighted by Crippen LogP contribution is -2.30. The molecule has 1 aromatic heterocycles. The Morgan fingerprint density at radius 3 is 2.29 bits per heavy atom. The van der Waals surface area contributed by atoms with E-state index < -0.39 is 5.91 Å². The third kappa shape index (κ3) is 4.34. The summed E-state index contributed by atoms with van der Waals surface area (Å²) in [5, 5.41) is 2.78. The smallest absolute Gasteiger partial charge is 0.261 e. The first kappa shape index (κ1) is 23.0. The van der Waals surface area contributed by atoms with Crippen LogP contribution in [-0.4, -0.2) is 34.2 Å². The van der Waals surface area contributed by atoms with E-state index in [0.29, 0.717) is 34.6 Å². The number of benzene rings is 2. The minimum absolute atomic E-state index is 0.0236. The number of aromatic nitrogens is 1. The van der Waals surface area contributed by atoms with E-state index in [1.807, 2.05) is 19.9 Å². The highest BCUT2D eigenvalue weighted by Crippen LogP contribution is 2.26. The van der Waals surface area contributed by atoms with E-state index in [-0.39, 0.29) is 36.0 Å². The van der Waals surface area contributed by atoms with E-state index in [0.717, 1.165) is 16.2 Å². The Morgan fingerprint density at radius 2 is 1.68 bits per heavy atom. The molecule has 0 saturated heterocycles. The predicted molar refractivity (Wildman–Crippen MR) is 126 cm³/mol. The molecule has 2 N–H and O–H groups in total. The Hall–Kier alpha value is -4.20. The van der Waals surface area contributed by atoms with Gasteiger partial charge in [0.1, 0.15) is 5.75 Å². The van der Waals surface area contributed by atoms with Gasteiger partial charge in [0.05, 0.1) is 29.8 Å². The first-order chi connectivity index (χ1) is 16.3. The number of aromatic amines is 1. The zero-order valence-electron chi connectivity index (χ0n) is 19.2. The number of fused-ring (bicyclic) bond motifs is 1. The SMILES string of the molecule is CCOc1ccc(CN2C(=O)c3ccccc3C2=O)cc1C(=O)NCc1c(C)cc(C)[nH]c1=O. The lowest BCUT2D eigenvalue weighted by Gasteiger charge is -2.16. The number of H-pyrrole nitrogens is 1. The van der Waals surface area contributed by atoms with Crippen LogP contribution in [0.25, 0.3) is 0 Å². The monoisotopic (exact) mass is 459 g/mol. The van der Waals surface area contributed by atoms with E-state index >= 15 is 0 Å². The second kappa shape index (κ2) is 9.35. The molecular formula is C26H25N3O5. The molecule has 1 aliphatic rings. The maximum Gasteiger partial charge on any atom is 0.261 e. The van der Waals surface area contributed by atoms with Gasteiger partial charge in [0.2, 0.25) is 0 Å². The van der Waals surface area contributed by atoms with Crippen LogP contribution in [0.15, 0.2) is 53.3 Å². The fraction of sp³-hybridized carbons (Fsp3) is 0.231. The largest absolute Gasteiger partial charge is 0.493 e. The van der Waals surface area contributed by atoms with E-state index in [2.05, 4.69) is 10.3 Å². The average molecular weight is 460 g/mol. The summed E-state index contributed by atoms with van der Waals surface area (Å²) in [6.45, 7) is 5.85. The highest BCUT2D eigenvalue weighted by atomic mass is 16.5. The molecule has 0 fully saturated rings. The number of nitrogens with one attached hydrogen (secondary N) is 2. The molecule has 0 atom stereocenters. The number of nitrogens with zero attached hydrogens (tertiary/aromatic N) is 1. The van der Waals surface area contributed by atoms with Gasteiger partial charge in [-0.2, -0.15) is 0 Å². The molecular weight excluding hydrogens is 434 g/mol. The molecule has 174 valence electrons. The molecule has 8 nitrogen and oxygen atoms in total. The van der Waals surface area contributed by atoms with E-state index in [9.17, 15) is 19.2 Å². The number of carbonyl (C=O) groups excluding carboxylic acids is 3. The van der Waals surface area contributed by atoms with Crippen molar-refractivity contribution in [1.82, 2.24) is 15.2 Å². The normalized spacial score (nSPS) is 12.6. The van der Waals surface area contributed by atoms with E-state index in [4.69, 9.17) is 4.74 Å². The summed E-state index contributed by atoms with van der Waals surface area (Å²) in [6, 6.07) is 13.5. The molecule has 1 aliphatic heterocycles. The Labute approximate surface area is 196 Å². The quantitative estimate of drug-likeness (QED) is 0.528. The summed E-state index contributed by atoms with van der Waals surface area (Å²) >= 11 is 0. The lowest BCUT2D eigenvalue weighted by atomic mass is 10.1. The van der Waals surface area contributed by atoms with Crippen LogP contribution in [0.4, 0.5) is 0 Å². The van der Waals surface area contributed by atoms with Crippen molar-refractivity contribution in [2.45, 2.75) is 33.9 Å². The second-order valence-electron chi connectivity index (χ2n) is 8.13. The summed E-state index contributed by atoms with van der Waals surface area (Å²) in [7, 11) is 0. The average Bonchev–Trinajstić information content (AvgIpc) is 3.04. The van der Waals surface area contributed by atoms with Gasteiger partial charge in [-0.05, 0) is 62.2 Å². The third-order valence-electron chi connectivity index (χ3n) is 5.73. The van der Waals surface area contributed by atoms with Crippen LogP contribution < -0.4 is 15.6 Å². The van der Waals surface area contributed by atoms with Crippen molar-refractivity contribution in [1.29, 1.82) is 0 Å². The van der Waals surface area contributed by atoms with Crippen LogP contribution in [-0.2, 0) is 13.1 Å². The summed E-state index contributed by atoms with van der Waals surface area (Å²) in [5.74, 6) is -0.781. The molecule has 2 aromatic carbocycles. The van der Waals surface area contributed by atoms with Gasteiger partial charge in [-0.1, -0.05) is 18.2 Å². The Balaban J connectivity index is 1.57. The predicted octanol–water partition coefficient (Wildman–Crippen LogP) is 3.12. The Bertz CT molecular complexity index is 1320. The highest BCUT2D eigenvalue weighted by molar-refractivity contribution is 6.21. The van der Waals surface area contributed by atoms with Gasteiger partial charge >= 0.3 is 0 Å². The lowest BCUT2D eigenvalue weighted by molar-refractivity contribution is 0.0642.